The first-order chi connectivity index (χ1) is 9.19. The third kappa shape index (κ3) is 1.93. The molecule has 0 radical (unpaired) electrons. The fourth-order valence-corrected chi connectivity index (χ4v) is 2.26. The molecule has 1 amide bonds. The van der Waals surface area contributed by atoms with Gasteiger partial charge in [-0.15, -0.1) is 0 Å². The van der Waals surface area contributed by atoms with Crippen LogP contribution in [0.4, 0.5) is 11.6 Å². The third-order valence-corrected chi connectivity index (χ3v) is 3.37. The van der Waals surface area contributed by atoms with Gasteiger partial charge in [-0.1, -0.05) is 6.07 Å². The summed E-state index contributed by atoms with van der Waals surface area (Å²) in [4.78, 5) is 21.7. The lowest BCUT2D eigenvalue weighted by Gasteiger charge is -2.10. The van der Waals surface area contributed by atoms with E-state index in [1.54, 1.807) is 31.4 Å². The highest BCUT2D eigenvalue weighted by atomic mass is 16.2. The van der Waals surface area contributed by atoms with Gasteiger partial charge in [0.2, 0.25) is 11.9 Å². The monoisotopic (exact) mass is 254 g/mol. The Kier molecular flexibility index (Phi) is 2.67. The maximum atomic E-state index is 11.7. The number of anilines is 2. The second-order valence-electron chi connectivity index (χ2n) is 4.52. The van der Waals surface area contributed by atoms with Crippen molar-refractivity contribution < 1.29 is 4.79 Å². The molecule has 1 N–H and O–H groups in total. The molecule has 0 aliphatic carbocycles. The number of rotatable bonds is 2. The van der Waals surface area contributed by atoms with Gasteiger partial charge in [0.15, 0.2) is 0 Å². The van der Waals surface area contributed by atoms with Crippen LogP contribution < -0.4 is 10.2 Å². The van der Waals surface area contributed by atoms with Crippen molar-refractivity contribution in [3.8, 4) is 11.1 Å². The van der Waals surface area contributed by atoms with E-state index in [9.17, 15) is 4.79 Å². The Bertz CT molecular complexity index is 636. The summed E-state index contributed by atoms with van der Waals surface area (Å²) in [6.07, 6.45) is 4.03. The van der Waals surface area contributed by atoms with Crippen LogP contribution in [0, 0.1) is 0 Å². The van der Waals surface area contributed by atoms with E-state index < -0.39 is 0 Å². The number of benzene rings is 1. The van der Waals surface area contributed by atoms with Crippen molar-refractivity contribution in [3.05, 3.63) is 36.2 Å². The van der Waals surface area contributed by atoms with Gasteiger partial charge in [-0.05, 0) is 23.3 Å². The van der Waals surface area contributed by atoms with E-state index in [0.717, 1.165) is 22.4 Å². The molecule has 0 unspecified atom stereocenters. The number of nitrogens with one attached hydrogen (secondary N) is 1. The molecule has 2 heterocycles. The molecule has 1 aromatic carbocycles. The molecule has 5 heteroatoms. The molecule has 19 heavy (non-hydrogen) atoms. The van der Waals surface area contributed by atoms with E-state index in [1.807, 2.05) is 18.2 Å². The molecule has 1 aliphatic heterocycles. The summed E-state index contributed by atoms with van der Waals surface area (Å²) in [7, 11) is 3.59. The zero-order chi connectivity index (χ0) is 13.4. The molecule has 0 bridgehead atoms. The fraction of sp³-hybridized carbons (Fsp3) is 0.214. The van der Waals surface area contributed by atoms with Gasteiger partial charge in [-0.25, -0.2) is 9.97 Å². The summed E-state index contributed by atoms with van der Waals surface area (Å²) < 4.78 is 0. The number of hydrogen-bond acceptors (Lipinski definition) is 4. The topological polar surface area (TPSA) is 58.1 Å². The van der Waals surface area contributed by atoms with Gasteiger partial charge in [-0.2, -0.15) is 0 Å². The molecule has 0 atom stereocenters. The normalized spacial score (nSPS) is 13.6. The number of carbonyl (C=O) groups is 1. The van der Waals surface area contributed by atoms with Crippen LogP contribution in [0.15, 0.2) is 30.6 Å². The second kappa shape index (κ2) is 4.35. The summed E-state index contributed by atoms with van der Waals surface area (Å²) >= 11 is 0. The zero-order valence-corrected chi connectivity index (χ0v) is 10.8. The van der Waals surface area contributed by atoms with Gasteiger partial charge >= 0.3 is 0 Å². The van der Waals surface area contributed by atoms with Crippen molar-refractivity contribution in [2.45, 2.75) is 6.42 Å². The van der Waals surface area contributed by atoms with Crippen LogP contribution in [0.5, 0.6) is 0 Å². The lowest BCUT2D eigenvalue weighted by Crippen LogP contribution is -2.20. The molecule has 96 valence electrons. The quantitative estimate of drug-likeness (QED) is 0.886. The summed E-state index contributed by atoms with van der Waals surface area (Å²) in [5.74, 6) is 0.730. The number of likely N-dealkylation sites (N-methyl/N-ethyl adjacent to an activating group) is 1. The van der Waals surface area contributed by atoms with Crippen LogP contribution >= 0.6 is 0 Å². The Hall–Kier alpha value is -2.43. The molecular weight excluding hydrogens is 240 g/mol. The Labute approximate surface area is 111 Å². The molecule has 0 fully saturated rings. The predicted molar refractivity (Wildman–Crippen MR) is 74.1 cm³/mol. The molecule has 0 saturated heterocycles. The molecule has 0 spiro atoms. The van der Waals surface area contributed by atoms with Crippen LogP contribution in [-0.2, 0) is 11.2 Å². The van der Waals surface area contributed by atoms with Gasteiger partial charge in [0.05, 0.1) is 6.42 Å². The standard InChI is InChI=1S/C14H14N4O/c1-15-14-16-7-11(8-17-14)9-3-4-12-10(5-9)6-13(19)18(12)2/h3-5,7-8H,6H2,1-2H3,(H,15,16,17). The van der Waals surface area contributed by atoms with Crippen molar-refractivity contribution in [2.75, 3.05) is 24.3 Å². The summed E-state index contributed by atoms with van der Waals surface area (Å²) in [5.41, 5.74) is 4.03. The number of amides is 1. The van der Waals surface area contributed by atoms with Gasteiger partial charge in [0.1, 0.15) is 0 Å². The van der Waals surface area contributed by atoms with Crippen LogP contribution in [0.1, 0.15) is 5.56 Å². The summed E-state index contributed by atoms with van der Waals surface area (Å²) in [5, 5.41) is 2.89. The van der Waals surface area contributed by atoms with Gasteiger partial charge in [0.25, 0.3) is 0 Å². The minimum atomic E-state index is 0.133. The fourth-order valence-electron chi connectivity index (χ4n) is 2.26. The lowest BCUT2D eigenvalue weighted by molar-refractivity contribution is -0.117. The Morgan fingerprint density at radius 1 is 1.21 bits per heavy atom. The Morgan fingerprint density at radius 3 is 2.63 bits per heavy atom. The molecular formula is C14H14N4O. The van der Waals surface area contributed by atoms with Crippen LogP contribution in [0.3, 0.4) is 0 Å². The number of fused-ring (bicyclic) bond motifs is 1. The van der Waals surface area contributed by atoms with E-state index >= 15 is 0 Å². The van der Waals surface area contributed by atoms with Crippen molar-refractivity contribution in [2.24, 2.45) is 0 Å². The number of aromatic nitrogens is 2. The highest BCUT2D eigenvalue weighted by Crippen LogP contribution is 2.31. The minimum absolute atomic E-state index is 0.133. The Morgan fingerprint density at radius 2 is 1.95 bits per heavy atom. The second-order valence-corrected chi connectivity index (χ2v) is 4.52. The SMILES string of the molecule is CNc1ncc(-c2ccc3c(c2)CC(=O)N3C)cn1. The number of nitrogens with zero attached hydrogens (tertiary/aromatic N) is 3. The van der Waals surface area contributed by atoms with E-state index in [2.05, 4.69) is 15.3 Å². The van der Waals surface area contributed by atoms with Crippen LogP contribution in [0.25, 0.3) is 11.1 Å². The maximum absolute atomic E-state index is 11.7. The average molecular weight is 254 g/mol. The predicted octanol–water partition coefficient (Wildman–Crippen LogP) is 1.70. The highest BCUT2D eigenvalue weighted by molar-refractivity contribution is 6.01. The zero-order valence-electron chi connectivity index (χ0n) is 10.8. The van der Waals surface area contributed by atoms with Crippen LogP contribution in [-0.4, -0.2) is 30.0 Å². The average Bonchev–Trinajstić information content (AvgIpc) is 2.74. The highest BCUT2D eigenvalue weighted by Gasteiger charge is 2.23. The molecule has 0 saturated carbocycles. The van der Waals surface area contributed by atoms with Crippen molar-refractivity contribution in [3.63, 3.8) is 0 Å². The first-order valence-electron chi connectivity index (χ1n) is 6.08. The first kappa shape index (κ1) is 11.6. The largest absolute Gasteiger partial charge is 0.357 e. The van der Waals surface area contributed by atoms with Crippen molar-refractivity contribution >= 4 is 17.5 Å². The van der Waals surface area contributed by atoms with Crippen molar-refractivity contribution in [1.29, 1.82) is 0 Å². The van der Waals surface area contributed by atoms with E-state index in [1.165, 1.54) is 0 Å². The molecule has 2 aromatic rings. The number of hydrogen-bond donors (Lipinski definition) is 1. The van der Waals surface area contributed by atoms with E-state index in [0.29, 0.717) is 12.4 Å². The summed E-state index contributed by atoms with van der Waals surface area (Å²) in [6, 6.07) is 6.00. The summed E-state index contributed by atoms with van der Waals surface area (Å²) in [6.45, 7) is 0. The first-order valence-corrected chi connectivity index (χ1v) is 6.08. The molecule has 1 aromatic heterocycles. The van der Waals surface area contributed by atoms with Gasteiger partial charge in [0, 0.05) is 37.7 Å². The van der Waals surface area contributed by atoms with Gasteiger partial charge in [-0.3, -0.25) is 4.79 Å². The lowest BCUT2D eigenvalue weighted by atomic mass is 10.0. The molecule has 5 nitrogen and oxygen atoms in total. The third-order valence-electron chi connectivity index (χ3n) is 3.37. The Balaban J connectivity index is 1.98. The molecule has 3 rings (SSSR count). The maximum Gasteiger partial charge on any atom is 0.231 e. The van der Waals surface area contributed by atoms with Gasteiger partial charge < -0.3 is 10.2 Å². The van der Waals surface area contributed by atoms with E-state index in [4.69, 9.17) is 0 Å². The van der Waals surface area contributed by atoms with E-state index in [-0.39, 0.29) is 5.91 Å². The smallest absolute Gasteiger partial charge is 0.231 e. The number of carbonyl (C=O) groups excluding carboxylic acids is 1. The minimum Gasteiger partial charge on any atom is -0.357 e. The van der Waals surface area contributed by atoms with Crippen molar-refractivity contribution in [1.82, 2.24) is 9.97 Å². The molecule has 1 aliphatic rings. The van der Waals surface area contributed by atoms with Crippen LogP contribution in [0.2, 0.25) is 0 Å².